The van der Waals surface area contributed by atoms with Crippen LogP contribution in [0.4, 0.5) is 8.78 Å². The lowest BCUT2D eigenvalue weighted by Gasteiger charge is -2.15. The summed E-state index contributed by atoms with van der Waals surface area (Å²) in [5.74, 6) is -2.20. The Morgan fingerprint density at radius 2 is 2.00 bits per heavy atom. The third-order valence-corrected chi connectivity index (χ3v) is 3.52. The van der Waals surface area contributed by atoms with Gasteiger partial charge in [-0.15, -0.1) is 12.4 Å². The Labute approximate surface area is 123 Å². The Morgan fingerprint density at radius 3 is 2.55 bits per heavy atom. The van der Waals surface area contributed by atoms with E-state index >= 15 is 0 Å². The fourth-order valence-corrected chi connectivity index (χ4v) is 2.54. The normalized spacial score (nSPS) is 22.6. The summed E-state index contributed by atoms with van der Waals surface area (Å²) in [6, 6.07) is 9.62. The van der Waals surface area contributed by atoms with Crippen LogP contribution in [-0.4, -0.2) is 37.5 Å². The molecule has 0 bridgehead atoms. The van der Waals surface area contributed by atoms with Crippen LogP contribution < -0.4 is 0 Å². The third kappa shape index (κ3) is 3.90. The zero-order valence-electron chi connectivity index (χ0n) is 11.2. The van der Waals surface area contributed by atoms with Gasteiger partial charge in [0, 0.05) is 25.6 Å². The summed E-state index contributed by atoms with van der Waals surface area (Å²) in [6.45, 7) is 1.14. The smallest absolute Gasteiger partial charge is 0.310 e. The average molecular weight is 306 g/mol. The van der Waals surface area contributed by atoms with Crippen molar-refractivity contribution in [3.63, 3.8) is 0 Å². The number of ether oxygens (including phenoxy) is 1. The summed E-state index contributed by atoms with van der Waals surface area (Å²) in [5, 5.41) is 0. The largest absolute Gasteiger partial charge is 0.469 e. The van der Waals surface area contributed by atoms with Crippen molar-refractivity contribution in [3.8, 4) is 0 Å². The molecule has 0 saturated carbocycles. The zero-order chi connectivity index (χ0) is 13.8. The Balaban J connectivity index is 0.00000200. The van der Waals surface area contributed by atoms with Gasteiger partial charge in [0.25, 0.3) is 0 Å². The van der Waals surface area contributed by atoms with E-state index in [0.29, 0.717) is 13.1 Å². The predicted octanol–water partition coefficient (Wildman–Crippen LogP) is 2.59. The average Bonchev–Trinajstić information content (AvgIpc) is 2.83. The fraction of sp³-hybridized carbons (Fsp3) is 0.500. The van der Waals surface area contributed by atoms with Gasteiger partial charge in [-0.2, -0.15) is 0 Å². The van der Waals surface area contributed by atoms with E-state index < -0.39 is 24.2 Å². The van der Waals surface area contributed by atoms with E-state index in [4.69, 9.17) is 0 Å². The molecule has 20 heavy (non-hydrogen) atoms. The number of likely N-dealkylation sites (tertiary alicyclic amines) is 1. The first-order chi connectivity index (χ1) is 9.11. The number of alkyl halides is 2. The summed E-state index contributed by atoms with van der Waals surface area (Å²) >= 11 is 0. The zero-order valence-corrected chi connectivity index (χ0v) is 12.0. The SMILES string of the molecule is COC(=O)[C@@H]1CN(Cc2ccccc2)C[C@H]1C(F)F.Cl. The molecule has 1 aromatic carbocycles. The van der Waals surface area contributed by atoms with E-state index in [2.05, 4.69) is 4.74 Å². The highest BCUT2D eigenvalue weighted by molar-refractivity contribution is 5.85. The molecule has 0 unspecified atom stereocenters. The van der Waals surface area contributed by atoms with Gasteiger partial charge in [-0.25, -0.2) is 8.78 Å². The first kappa shape index (κ1) is 16.9. The van der Waals surface area contributed by atoms with Crippen molar-refractivity contribution < 1.29 is 18.3 Å². The first-order valence-electron chi connectivity index (χ1n) is 6.24. The van der Waals surface area contributed by atoms with Gasteiger partial charge in [-0.3, -0.25) is 9.69 Å². The quantitative estimate of drug-likeness (QED) is 0.801. The molecule has 0 radical (unpaired) electrons. The summed E-state index contributed by atoms with van der Waals surface area (Å²) in [5.41, 5.74) is 1.06. The predicted molar refractivity (Wildman–Crippen MR) is 74.0 cm³/mol. The van der Waals surface area contributed by atoms with Crippen LogP contribution >= 0.6 is 12.4 Å². The number of benzene rings is 1. The van der Waals surface area contributed by atoms with Crippen LogP contribution in [0.5, 0.6) is 0 Å². The van der Waals surface area contributed by atoms with E-state index in [1.807, 2.05) is 35.2 Å². The van der Waals surface area contributed by atoms with Crippen molar-refractivity contribution in [2.75, 3.05) is 20.2 Å². The van der Waals surface area contributed by atoms with E-state index in [0.717, 1.165) is 5.56 Å². The van der Waals surface area contributed by atoms with Gasteiger partial charge in [0.2, 0.25) is 6.43 Å². The van der Waals surface area contributed by atoms with E-state index in [9.17, 15) is 13.6 Å². The molecular weight excluding hydrogens is 288 g/mol. The van der Waals surface area contributed by atoms with Crippen LogP contribution in [0.2, 0.25) is 0 Å². The van der Waals surface area contributed by atoms with Crippen LogP contribution in [0, 0.1) is 11.8 Å². The van der Waals surface area contributed by atoms with Crippen LogP contribution in [0.15, 0.2) is 30.3 Å². The number of nitrogens with zero attached hydrogens (tertiary/aromatic N) is 1. The maximum absolute atomic E-state index is 13.0. The molecule has 1 aliphatic rings. The van der Waals surface area contributed by atoms with Gasteiger partial charge in [-0.05, 0) is 5.56 Å². The lowest BCUT2D eigenvalue weighted by Crippen LogP contribution is -2.28. The lowest BCUT2D eigenvalue weighted by molar-refractivity contribution is -0.148. The molecule has 1 aromatic rings. The Bertz CT molecular complexity index is 430. The molecule has 1 saturated heterocycles. The second kappa shape index (κ2) is 7.55. The summed E-state index contributed by atoms with van der Waals surface area (Å²) < 4.78 is 30.5. The standard InChI is InChI=1S/C14H17F2NO2.ClH/c1-19-14(18)12-9-17(8-11(12)13(15)16)7-10-5-3-2-4-6-10;/h2-6,11-13H,7-9H2,1H3;1H/t11-,12-;/m1./s1. The molecule has 1 aliphatic heterocycles. The molecule has 6 heteroatoms. The van der Waals surface area contributed by atoms with E-state index in [1.165, 1.54) is 7.11 Å². The van der Waals surface area contributed by atoms with Gasteiger partial charge in [0.1, 0.15) is 0 Å². The van der Waals surface area contributed by atoms with Crippen molar-refractivity contribution in [1.29, 1.82) is 0 Å². The number of hydrogen-bond donors (Lipinski definition) is 0. The van der Waals surface area contributed by atoms with Gasteiger partial charge in [0.05, 0.1) is 13.0 Å². The second-order valence-electron chi connectivity index (χ2n) is 4.81. The molecule has 112 valence electrons. The van der Waals surface area contributed by atoms with E-state index in [-0.39, 0.29) is 19.0 Å². The maximum atomic E-state index is 13.0. The molecule has 2 atom stereocenters. The number of methoxy groups -OCH3 is 1. The number of carbonyl (C=O) groups excluding carboxylic acids is 1. The number of hydrogen-bond acceptors (Lipinski definition) is 3. The van der Waals surface area contributed by atoms with Crippen molar-refractivity contribution in [3.05, 3.63) is 35.9 Å². The molecule has 0 aromatic heterocycles. The van der Waals surface area contributed by atoms with Gasteiger partial charge in [-0.1, -0.05) is 30.3 Å². The highest BCUT2D eigenvalue weighted by Crippen LogP contribution is 2.30. The number of rotatable bonds is 4. The van der Waals surface area contributed by atoms with Crippen molar-refractivity contribution in [2.24, 2.45) is 11.8 Å². The lowest BCUT2D eigenvalue weighted by atomic mass is 9.97. The molecule has 1 fully saturated rings. The Hall–Kier alpha value is -1.20. The van der Waals surface area contributed by atoms with Gasteiger partial charge >= 0.3 is 5.97 Å². The van der Waals surface area contributed by atoms with Crippen LogP contribution in [0.1, 0.15) is 5.56 Å². The summed E-state index contributed by atoms with van der Waals surface area (Å²) in [6.07, 6.45) is -2.50. The van der Waals surface area contributed by atoms with Crippen LogP contribution in [0.25, 0.3) is 0 Å². The van der Waals surface area contributed by atoms with Gasteiger partial charge < -0.3 is 4.74 Å². The van der Waals surface area contributed by atoms with Crippen LogP contribution in [0.3, 0.4) is 0 Å². The minimum atomic E-state index is -2.50. The molecule has 2 rings (SSSR count). The fourth-order valence-electron chi connectivity index (χ4n) is 2.54. The molecule has 0 N–H and O–H groups in total. The monoisotopic (exact) mass is 305 g/mol. The first-order valence-corrected chi connectivity index (χ1v) is 6.24. The third-order valence-electron chi connectivity index (χ3n) is 3.52. The maximum Gasteiger partial charge on any atom is 0.310 e. The summed E-state index contributed by atoms with van der Waals surface area (Å²) in [4.78, 5) is 13.4. The van der Waals surface area contributed by atoms with Crippen molar-refractivity contribution in [1.82, 2.24) is 4.90 Å². The molecule has 3 nitrogen and oxygen atoms in total. The van der Waals surface area contributed by atoms with Crippen molar-refractivity contribution in [2.45, 2.75) is 13.0 Å². The highest BCUT2D eigenvalue weighted by Gasteiger charge is 2.43. The molecule has 0 spiro atoms. The number of carbonyl (C=O) groups is 1. The van der Waals surface area contributed by atoms with Crippen LogP contribution in [-0.2, 0) is 16.1 Å². The Kier molecular flexibility index (Phi) is 6.36. The number of esters is 1. The van der Waals surface area contributed by atoms with Crippen molar-refractivity contribution >= 4 is 18.4 Å². The van der Waals surface area contributed by atoms with Gasteiger partial charge in [0.15, 0.2) is 0 Å². The Morgan fingerprint density at radius 1 is 1.35 bits per heavy atom. The minimum absolute atomic E-state index is 0. The molecule has 1 heterocycles. The highest BCUT2D eigenvalue weighted by atomic mass is 35.5. The molecule has 0 amide bonds. The van der Waals surface area contributed by atoms with E-state index in [1.54, 1.807) is 0 Å². The second-order valence-corrected chi connectivity index (χ2v) is 4.81. The molecular formula is C14H18ClF2NO2. The summed E-state index contributed by atoms with van der Waals surface area (Å²) in [7, 11) is 1.24. The number of halogens is 3. The minimum Gasteiger partial charge on any atom is -0.469 e. The molecule has 0 aliphatic carbocycles. The topological polar surface area (TPSA) is 29.5 Å².